The molecule has 2 aromatic rings. The molecule has 1 aliphatic rings. The monoisotopic (exact) mass is 411 g/mol. The molecule has 27 heavy (non-hydrogen) atoms. The van der Waals surface area contributed by atoms with E-state index >= 15 is 0 Å². The van der Waals surface area contributed by atoms with Crippen LogP contribution >= 0.6 is 11.3 Å². The van der Waals surface area contributed by atoms with Crippen molar-refractivity contribution >= 4 is 33.0 Å². The molecule has 2 amide bonds. The van der Waals surface area contributed by atoms with Crippen molar-refractivity contribution in [2.45, 2.75) is 13.0 Å². The molecule has 0 radical (unpaired) electrons. The second-order valence-electron chi connectivity index (χ2n) is 6.19. The third kappa shape index (κ3) is 4.51. The first-order valence-corrected chi connectivity index (χ1v) is 11.0. The predicted octanol–water partition coefficient (Wildman–Crippen LogP) is 1.32. The Labute approximate surface area is 160 Å². The fraction of sp³-hybridized carbons (Fsp3) is 0.353. The normalized spacial score (nSPS) is 17.3. The molecule has 0 bridgehead atoms. The van der Waals surface area contributed by atoms with Crippen molar-refractivity contribution < 1.29 is 22.4 Å². The predicted molar refractivity (Wildman–Crippen MR) is 99.7 cm³/mol. The summed E-state index contributed by atoms with van der Waals surface area (Å²) in [5.41, 5.74) is 0.402. The molecule has 144 valence electrons. The van der Waals surface area contributed by atoms with Crippen LogP contribution in [0.15, 0.2) is 29.6 Å². The Balaban J connectivity index is 1.64. The van der Waals surface area contributed by atoms with Gasteiger partial charge in [-0.25, -0.2) is 17.8 Å². The van der Waals surface area contributed by atoms with E-state index in [2.05, 4.69) is 10.3 Å². The fourth-order valence-corrected chi connectivity index (χ4v) is 4.70. The maximum absolute atomic E-state index is 13.8. The maximum atomic E-state index is 13.8. The molecule has 2 heterocycles. The van der Waals surface area contributed by atoms with E-state index < -0.39 is 27.6 Å². The van der Waals surface area contributed by atoms with Crippen LogP contribution < -0.4 is 5.32 Å². The number of hydrogen-bond donors (Lipinski definition) is 1. The molecule has 1 fully saturated rings. The highest BCUT2D eigenvalue weighted by Gasteiger charge is 2.29. The van der Waals surface area contributed by atoms with Crippen LogP contribution in [-0.4, -0.2) is 60.8 Å². The number of aromatic nitrogens is 1. The molecule has 3 rings (SSSR count). The van der Waals surface area contributed by atoms with Gasteiger partial charge in [0.05, 0.1) is 11.5 Å². The van der Waals surface area contributed by atoms with Crippen molar-refractivity contribution in [2.24, 2.45) is 0 Å². The molecule has 0 aliphatic carbocycles. The van der Waals surface area contributed by atoms with Crippen molar-refractivity contribution in [3.63, 3.8) is 0 Å². The average Bonchev–Trinajstić information content (AvgIpc) is 3.11. The number of amides is 2. The van der Waals surface area contributed by atoms with Crippen LogP contribution in [0, 0.1) is 5.82 Å². The Hall–Kier alpha value is -2.33. The highest BCUT2D eigenvalue weighted by molar-refractivity contribution is 7.91. The summed E-state index contributed by atoms with van der Waals surface area (Å²) < 4.78 is 36.7. The largest absolute Gasteiger partial charge is 0.339 e. The van der Waals surface area contributed by atoms with Crippen LogP contribution in [0.2, 0.25) is 0 Å². The lowest BCUT2D eigenvalue weighted by molar-refractivity contribution is -0.132. The van der Waals surface area contributed by atoms with E-state index in [1.165, 1.54) is 23.3 Å². The van der Waals surface area contributed by atoms with E-state index in [1.807, 2.05) is 0 Å². The number of rotatable bonds is 4. The smallest absolute Gasteiger partial charge is 0.271 e. The lowest BCUT2D eigenvalue weighted by Crippen LogP contribution is -2.51. The molecule has 1 atom stereocenters. The minimum absolute atomic E-state index is 0.0719. The second-order valence-corrected chi connectivity index (χ2v) is 9.35. The number of sulfone groups is 1. The molecule has 1 aromatic heterocycles. The molecule has 7 nitrogen and oxygen atoms in total. The molecular weight excluding hydrogens is 393 g/mol. The maximum Gasteiger partial charge on any atom is 0.271 e. The minimum Gasteiger partial charge on any atom is -0.339 e. The average molecular weight is 411 g/mol. The summed E-state index contributed by atoms with van der Waals surface area (Å²) in [6.07, 6.45) is 0. The van der Waals surface area contributed by atoms with E-state index in [-0.39, 0.29) is 36.2 Å². The number of nitrogens with zero attached hydrogens (tertiary/aromatic N) is 2. The highest BCUT2D eigenvalue weighted by Crippen LogP contribution is 2.26. The van der Waals surface area contributed by atoms with Gasteiger partial charge in [0.15, 0.2) is 9.84 Å². The van der Waals surface area contributed by atoms with Gasteiger partial charge in [0.2, 0.25) is 5.91 Å². The summed E-state index contributed by atoms with van der Waals surface area (Å²) in [5.74, 6) is -1.46. The van der Waals surface area contributed by atoms with Crippen LogP contribution in [0.3, 0.4) is 0 Å². The van der Waals surface area contributed by atoms with Gasteiger partial charge in [-0.3, -0.25) is 9.59 Å². The first-order chi connectivity index (χ1) is 12.8. The van der Waals surface area contributed by atoms with Crippen molar-refractivity contribution in [2.75, 3.05) is 24.6 Å². The van der Waals surface area contributed by atoms with Crippen LogP contribution in [0.4, 0.5) is 4.39 Å². The molecule has 1 N–H and O–H groups in total. The summed E-state index contributed by atoms with van der Waals surface area (Å²) in [6, 6.07) is 5.32. The molecule has 1 unspecified atom stereocenters. The van der Waals surface area contributed by atoms with Crippen LogP contribution in [-0.2, 0) is 14.6 Å². The van der Waals surface area contributed by atoms with Gasteiger partial charge < -0.3 is 10.2 Å². The molecule has 0 spiro atoms. The van der Waals surface area contributed by atoms with Crippen molar-refractivity contribution in [1.82, 2.24) is 15.2 Å². The van der Waals surface area contributed by atoms with E-state index in [9.17, 15) is 22.4 Å². The number of nitrogens with one attached hydrogen (secondary N) is 1. The van der Waals surface area contributed by atoms with Crippen molar-refractivity contribution in [3.05, 3.63) is 41.2 Å². The summed E-state index contributed by atoms with van der Waals surface area (Å²) in [6.45, 7) is 1.78. The quantitative estimate of drug-likeness (QED) is 0.819. The third-order valence-electron chi connectivity index (χ3n) is 4.22. The lowest BCUT2D eigenvalue weighted by atomic mass is 10.2. The standard InChI is InChI=1S/C17H18FN3O4S2/c1-11(17(23)21-6-8-27(24,25)9-7-21)19-15(22)14-10-26-16(20-14)12-4-2-3-5-13(12)18/h2-5,10-11H,6-9H2,1H3,(H,19,22). The lowest BCUT2D eigenvalue weighted by Gasteiger charge is -2.29. The van der Waals surface area contributed by atoms with Gasteiger partial charge in [-0.15, -0.1) is 11.3 Å². The summed E-state index contributed by atoms with van der Waals surface area (Å²) >= 11 is 1.13. The Morgan fingerprint density at radius 1 is 1.26 bits per heavy atom. The summed E-state index contributed by atoms with van der Waals surface area (Å²) in [4.78, 5) is 30.3. The second kappa shape index (κ2) is 7.73. The molecular formula is C17H18FN3O4S2. The van der Waals surface area contributed by atoms with Gasteiger partial charge in [-0.05, 0) is 19.1 Å². The Morgan fingerprint density at radius 2 is 1.93 bits per heavy atom. The molecule has 1 aliphatic heterocycles. The van der Waals surface area contributed by atoms with Gasteiger partial charge >= 0.3 is 0 Å². The first kappa shape index (κ1) is 19.4. The Kier molecular flexibility index (Phi) is 5.56. The van der Waals surface area contributed by atoms with Crippen LogP contribution in [0.1, 0.15) is 17.4 Å². The van der Waals surface area contributed by atoms with Crippen molar-refractivity contribution in [3.8, 4) is 10.6 Å². The van der Waals surface area contributed by atoms with E-state index in [0.29, 0.717) is 10.6 Å². The highest BCUT2D eigenvalue weighted by atomic mass is 32.2. The SMILES string of the molecule is CC(NC(=O)c1csc(-c2ccccc2F)n1)C(=O)N1CCS(=O)(=O)CC1. The number of thiazole rings is 1. The van der Waals surface area contributed by atoms with Gasteiger partial charge in [-0.2, -0.15) is 0 Å². The Morgan fingerprint density at radius 3 is 2.59 bits per heavy atom. The van der Waals surface area contributed by atoms with Gasteiger partial charge in [0.1, 0.15) is 22.6 Å². The number of hydrogen-bond acceptors (Lipinski definition) is 6. The van der Waals surface area contributed by atoms with E-state index in [0.717, 1.165) is 11.3 Å². The van der Waals surface area contributed by atoms with Crippen LogP contribution in [0.25, 0.3) is 10.6 Å². The third-order valence-corrected chi connectivity index (χ3v) is 6.70. The zero-order valence-electron chi connectivity index (χ0n) is 14.5. The molecule has 0 saturated carbocycles. The zero-order valence-corrected chi connectivity index (χ0v) is 16.1. The summed E-state index contributed by atoms with van der Waals surface area (Å²) in [5, 5.41) is 4.44. The fourth-order valence-electron chi connectivity index (χ4n) is 2.68. The van der Waals surface area contributed by atoms with Gasteiger partial charge in [0, 0.05) is 24.0 Å². The van der Waals surface area contributed by atoms with E-state index in [4.69, 9.17) is 0 Å². The van der Waals surface area contributed by atoms with Gasteiger partial charge in [0.25, 0.3) is 5.91 Å². The Bertz CT molecular complexity index is 960. The number of halogens is 1. The number of carbonyl (C=O) groups excluding carboxylic acids is 2. The minimum atomic E-state index is -3.09. The number of benzene rings is 1. The van der Waals surface area contributed by atoms with E-state index in [1.54, 1.807) is 18.2 Å². The van der Waals surface area contributed by atoms with Crippen molar-refractivity contribution in [1.29, 1.82) is 0 Å². The topological polar surface area (TPSA) is 96.4 Å². The molecule has 1 aromatic carbocycles. The summed E-state index contributed by atoms with van der Waals surface area (Å²) in [7, 11) is -3.09. The zero-order chi connectivity index (χ0) is 19.6. The van der Waals surface area contributed by atoms with Gasteiger partial charge in [-0.1, -0.05) is 12.1 Å². The number of carbonyl (C=O) groups is 2. The first-order valence-electron chi connectivity index (χ1n) is 8.27. The molecule has 1 saturated heterocycles. The van der Waals surface area contributed by atoms with Crippen LogP contribution in [0.5, 0.6) is 0 Å². The molecule has 10 heteroatoms.